The third kappa shape index (κ3) is 1.68. The normalized spacial score (nSPS) is 11.1. The topological polar surface area (TPSA) is 55.0 Å². The zero-order chi connectivity index (χ0) is 13.6. The van der Waals surface area contributed by atoms with Gasteiger partial charge in [-0.2, -0.15) is 0 Å². The second-order valence-electron chi connectivity index (χ2n) is 4.27. The Morgan fingerprint density at radius 2 is 2.11 bits per heavy atom. The maximum Gasteiger partial charge on any atom is 0.341 e. The number of aromatic nitrogens is 2. The van der Waals surface area contributed by atoms with E-state index in [-0.39, 0.29) is 0 Å². The van der Waals surface area contributed by atoms with Crippen molar-refractivity contribution >= 4 is 39.5 Å². The molecule has 0 saturated heterocycles. The predicted octanol–water partition coefficient (Wildman–Crippen LogP) is 3.46. The Kier molecular flexibility index (Phi) is 2.68. The molecule has 5 heteroatoms. The molecule has 96 valence electrons. The van der Waals surface area contributed by atoms with Crippen molar-refractivity contribution < 1.29 is 9.53 Å². The number of esters is 1. The van der Waals surface area contributed by atoms with E-state index in [1.165, 1.54) is 7.11 Å². The molecule has 1 N–H and O–H groups in total. The molecule has 0 bridgehead atoms. The van der Waals surface area contributed by atoms with Crippen molar-refractivity contribution in [1.29, 1.82) is 0 Å². The molecule has 0 amide bonds. The average Bonchev–Trinajstić information content (AvgIpc) is 2.76. The second kappa shape index (κ2) is 4.24. The minimum Gasteiger partial charge on any atom is -0.465 e. The first kappa shape index (κ1) is 12.0. The smallest absolute Gasteiger partial charge is 0.341 e. The van der Waals surface area contributed by atoms with Crippen molar-refractivity contribution in [2.45, 2.75) is 6.92 Å². The highest BCUT2D eigenvalue weighted by molar-refractivity contribution is 6.40. The summed E-state index contributed by atoms with van der Waals surface area (Å²) >= 11 is 6.38. The number of nitrogens with zero attached hydrogens (tertiary/aromatic N) is 1. The minimum atomic E-state index is -0.470. The molecule has 3 rings (SSSR count). The van der Waals surface area contributed by atoms with Crippen LogP contribution in [0.4, 0.5) is 0 Å². The number of hydrogen-bond donors (Lipinski definition) is 1. The van der Waals surface area contributed by atoms with Gasteiger partial charge < -0.3 is 9.72 Å². The van der Waals surface area contributed by atoms with E-state index in [9.17, 15) is 4.79 Å². The number of carbonyl (C=O) groups excluding carboxylic acids is 1. The molecule has 0 aliphatic carbocycles. The number of rotatable bonds is 1. The van der Waals surface area contributed by atoms with E-state index in [1.807, 2.05) is 24.3 Å². The van der Waals surface area contributed by atoms with Gasteiger partial charge >= 0.3 is 5.97 Å². The van der Waals surface area contributed by atoms with Gasteiger partial charge in [-0.05, 0) is 13.0 Å². The van der Waals surface area contributed by atoms with E-state index < -0.39 is 5.97 Å². The third-order valence-electron chi connectivity index (χ3n) is 3.16. The van der Waals surface area contributed by atoms with Crippen LogP contribution in [0.1, 0.15) is 16.1 Å². The van der Waals surface area contributed by atoms with Crippen LogP contribution in [0.2, 0.25) is 5.02 Å². The van der Waals surface area contributed by atoms with Gasteiger partial charge in [-0.15, -0.1) is 0 Å². The molecule has 0 aliphatic heterocycles. The Hall–Kier alpha value is -2.07. The Morgan fingerprint density at radius 3 is 2.84 bits per heavy atom. The number of pyridine rings is 1. The number of halogens is 1. The molecule has 0 fully saturated rings. The van der Waals surface area contributed by atoms with Crippen LogP contribution in [0, 0.1) is 6.92 Å². The summed E-state index contributed by atoms with van der Waals surface area (Å²) in [7, 11) is 1.33. The quantitative estimate of drug-likeness (QED) is 0.691. The van der Waals surface area contributed by atoms with Gasteiger partial charge in [0.1, 0.15) is 11.2 Å². The van der Waals surface area contributed by atoms with Crippen LogP contribution >= 0.6 is 11.6 Å². The Balaban J connectivity index is 2.48. The van der Waals surface area contributed by atoms with E-state index in [0.717, 1.165) is 16.3 Å². The zero-order valence-corrected chi connectivity index (χ0v) is 11.2. The molecule has 0 unspecified atom stereocenters. The molecule has 0 radical (unpaired) electrons. The van der Waals surface area contributed by atoms with Crippen molar-refractivity contribution in [2.24, 2.45) is 0 Å². The first-order valence-electron chi connectivity index (χ1n) is 5.78. The van der Waals surface area contributed by atoms with E-state index >= 15 is 0 Å². The Morgan fingerprint density at radius 1 is 1.37 bits per heavy atom. The Bertz CT molecular complexity index is 808. The molecule has 0 saturated carbocycles. The van der Waals surface area contributed by atoms with E-state index in [0.29, 0.717) is 21.9 Å². The van der Waals surface area contributed by atoms with Crippen LogP contribution in [0.15, 0.2) is 24.3 Å². The molecule has 2 aromatic heterocycles. The summed E-state index contributed by atoms with van der Waals surface area (Å²) in [5, 5.41) is 2.08. The maximum absolute atomic E-state index is 11.8. The fourth-order valence-corrected chi connectivity index (χ4v) is 2.69. The summed E-state index contributed by atoms with van der Waals surface area (Å²) in [6.07, 6.45) is 0. The summed E-state index contributed by atoms with van der Waals surface area (Å²) in [4.78, 5) is 19.4. The number of benzene rings is 1. The third-order valence-corrected chi connectivity index (χ3v) is 3.53. The number of H-pyrrole nitrogens is 1. The number of carbonyl (C=O) groups is 1. The highest BCUT2D eigenvalue weighted by Crippen LogP contribution is 2.34. The predicted molar refractivity (Wildman–Crippen MR) is 74.7 cm³/mol. The monoisotopic (exact) mass is 274 g/mol. The number of methoxy groups -OCH3 is 1. The lowest BCUT2D eigenvalue weighted by atomic mass is 10.1. The number of hydrogen-bond acceptors (Lipinski definition) is 3. The van der Waals surface area contributed by atoms with Gasteiger partial charge in [-0.1, -0.05) is 29.8 Å². The van der Waals surface area contributed by atoms with Gasteiger partial charge in [0.25, 0.3) is 0 Å². The van der Waals surface area contributed by atoms with E-state index in [2.05, 4.69) is 9.97 Å². The lowest BCUT2D eigenvalue weighted by Gasteiger charge is -2.06. The van der Waals surface area contributed by atoms with Crippen LogP contribution in [0.3, 0.4) is 0 Å². The molecule has 2 heterocycles. The zero-order valence-electron chi connectivity index (χ0n) is 10.5. The molecular weight excluding hydrogens is 264 g/mol. The fraction of sp³-hybridized carbons (Fsp3) is 0.143. The van der Waals surface area contributed by atoms with Gasteiger partial charge in [0.15, 0.2) is 0 Å². The molecule has 4 nitrogen and oxygen atoms in total. The minimum absolute atomic E-state index is 0.321. The molecule has 3 aromatic rings. The standard InChI is InChI=1S/C14H11ClN2O2/c1-7-10(14(18)19-2)12(15)11-8-5-3-4-6-9(8)17-13(11)16-7/h3-6H,1-2H3,(H,16,17). The van der Waals surface area contributed by atoms with E-state index in [4.69, 9.17) is 16.3 Å². The molecule has 0 spiro atoms. The molecule has 1 aromatic carbocycles. The first-order chi connectivity index (χ1) is 9.13. The lowest BCUT2D eigenvalue weighted by molar-refractivity contribution is 0.0600. The number of aromatic amines is 1. The molecule has 0 atom stereocenters. The van der Waals surface area contributed by atoms with Crippen LogP contribution in [0.25, 0.3) is 21.9 Å². The van der Waals surface area contributed by atoms with Crippen LogP contribution in [0.5, 0.6) is 0 Å². The van der Waals surface area contributed by atoms with Crippen molar-refractivity contribution in [2.75, 3.05) is 7.11 Å². The van der Waals surface area contributed by atoms with Gasteiger partial charge in [0.05, 0.1) is 17.8 Å². The average molecular weight is 275 g/mol. The lowest BCUT2D eigenvalue weighted by Crippen LogP contribution is -2.06. The van der Waals surface area contributed by atoms with Crippen molar-refractivity contribution in [3.8, 4) is 0 Å². The largest absolute Gasteiger partial charge is 0.465 e. The Labute approximate surface area is 114 Å². The SMILES string of the molecule is COC(=O)c1c(C)nc2[nH]c3ccccc3c2c1Cl. The molecule has 19 heavy (non-hydrogen) atoms. The number of ether oxygens (including phenoxy) is 1. The van der Waals surface area contributed by atoms with Gasteiger partial charge in [-0.3, -0.25) is 0 Å². The number of aryl methyl sites for hydroxylation is 1. The van der Waals surface area contributed by atoms with Crippen LogP contribution in [-0.2, 0) is 4.74 Å². The van der Waals surface area contributed by atoms with Crippen molar-refractivity contribution in [3.63, 3.8) is 0 Å². The van der Waals surface area contributed by atoms with E-state index in [1.54, 1.807) is 6.92 Å². The highest BCUT2D eigenvalue weighted by Gasteiger charge is 2.20. The second-order valence-corrected chi connectivity index (χ2v) is 4.65. The summed E-state index contributed by atoms with van der Waals surface area (Å²) in [5.74, 6) is -0.470. The number of fused-ring (bicyclic) bond motifs is 3. The van der Waals surface area contributed by atoms with Crippen molar-refractivity contribution in [1.82, 2.24) is 9.97 Å². The molecule has 0 aliphatic rings. The van der Waals surface area contributed by atoms with Crippen molar-refractivity contribution in [3.05, 3.63) is 40.5 Å². The molecular formula is C14H11ClN2O2. The first-order valence-corrected chi connectivity index (χ1v) is 6.16. The summed E-state index contributed by atoms with van der Waals surface area (Å²) in [6.45, 7) is 1.74. The van der Waals surface area contributed by atoms with Gasteiger partial charge in [-0.25, -0.2) is 9.78 Å². The summed E-state index contributed by atoms with van der Waals surface area (Å²) < 4.78 is 4.76. The van der Waals surface area contributed by atoms with Gasteiger partial charge in [0.2, 0.25) is 0 Å². The summed E-state index contributed by atoms with van der Waals surface area (Å²) in [5.41, 5.74) is 2.49. The number of para-hydroxylation sites is 1. The maximum atomic E-state index is 11.8. The fourth-order valence-electron chi connectivity index (χ4n) is 2.28. The van der Waals surface area contributed by atoms with Crippen LogP contribution in [-0.4, -0.2) is 23.0 Å². The highest BCUT2D eigenvalue weighted by atomic mass is 35.5. The number of nitrogens with one attached hydrogen (secondary N) is 1. The summed E-state index contributed by atoms with van der Waals surface area (Å²) in [6, 6.07) is 7.74. The van der Waals surface area contributed by atoms with Crippen LogP contribution < -0.4 is 0 Å². The van der Waals surface area contributed by atoms with Gasteiger partial charge in [0, 0.05) is 16.3 Å².